The zero-order chi connectivity index (χ0) is 12.7. The van der Waals surface area contributed by atoms with Gasteiger partial charge in [0.25, 0.3) is 5.69 Å². The molecule has 0 bridgehead atoms. The maximum absolute atomic E-state index is 10.5. The van der Waals surface area contributed by atoms with Crippen molar-refractivity contribution in [3.8, 4) is 0 Å². The number of hydrogen-bond donors (Lipinski definition) is 1. The van der Waals surface area contributed by atoms with E-state index in [2.05, 4.69) is 18.5 Å². The highest BCUT2D eigenvalue weighted by molar-refractivity contribution is 7.98. The van der Waals surface area contributed by atoms with Gasteiger partial charge in [0.1, 0.15) is 0 Å². The summed E-state index contributed by atoms with van der Waals surface area (Å²) in [7, 11) is 0. The maximum atomic E-state index is 10.5. The normalized spacial score (nSPS) is 12.4. The summed E-state index contributed by atoms with van der Waals surface area (Å²) in [6, 6.07) is 7.16. The molecule has 4 nitrogen and oxygen atoms in total. The lowest BCUT2D eigenvalue weighted by Crippen LogP contribution is -2.25. The summed E-state index contributed by atoms with van der Waals surface area (Å²) >= 11 is 1.84. The van der Waals surface area contributed by atoms with Crippen molar-refractivity contribution in [3.05, 3.63) is 39.9 Å². The molecule has 0 amide bonds. The summed E-state index contributed by atoms with van der Waals surface area (Å²) in [4.78, 5) is 10.1. The molecular formula is C12H18N2O2S. The van der Waals surface area contributed by atoms with Gasteiger partial charge < -0.3 is 5.32 Å². The van der Waals surface area contributed by atoms with E-state index in [1.165, 1.54) is 0 Å². The Morgan fingerprint density at radius 1 is 1.41 bits per heavy atom. The first kappa shape index (κ1) is 14.0. The van der Waals surface area contributed by atoms with Crippen LogP contribution in [-0.2, 0) is 6.54 Å². The average molecular weight is 254 g/mol. The van der Waals surface area contributed by atoms with Crippen LogP contribution < -0.4 is 5.32 Å². The summed E-state index contributed by atoms with van der Waals surface area (Å²) in [5, 5.41) is 13.9. The van der Waals surface area contributed by atoms with Crippen molar-refractivity contribution < 1.29 is 4.92 Å². The third-order valence-corrected chi connectivity index (χ3v) is 3.20. The Kier molecular flexibility index (Phi) is 6.00. The molecule has 0 spiro atoms. The molecule has 0 saturated heterocycles. The number of nitro benzene ring substituents is 1. The third kappa shape index (κ3) is 5.19. The van der Waals surface area contributed by atoms with Crippen LogP contribution in [0.1, 0.15) is 18.9 Å². The van der Waals surface area contributed by atoms with Gasteiger partial charge in [-0.2, -0.15) is 11.8 Å². The minimum absolute atomic E-state index is 0.143. The molecule has 0 aromatic heterocycles. The van der Waals surface area contributed by atoms with E-state index in [1.807, 2.05) is 11.8 Å². The Morgan fingerprint density at radius 3 is 2.59 bits per heavy atom. The number of nitro groups is 1. The molecule has 0 saturated carbocycles. The smallest absolute Gasteiger partial charge is 0.269 e. The van der Waals surface area contributed by atoms with Gasteiger partial charge in [0.05, 0.1) is 4.92 Å². The van der Waals surface area contributed by atoms with Gasteiger partial charge in [-0.25, -0.2) is 0 Å². The van der Waals surface area contributed by atoms with Crippen molar-refractivity contribution in [3.63, 3.8) is 0 Å². The molecule has 0 aliphatic rings. The van der Waals surface area contributed by atoms with Gasteiger partial charge in [-0.3, -0.25) is 10.1 Å². The molecule has 94 valence electrons. The van der Waals surface area contributed by atoms with E-state index in [0.717, 1.165) is 24.3 Å². The standard InChI is InChI=1S/C12H18N2O2S/c1-10(7-8-17-2)13-9-11-3-5-12(6-4-11)14(15)16/h3-6,10,13H,7-9H2,1-2H3. The Hall–Kier alpha value is -1.07. The van der Waals surface area contributed by atoms with E-state index < -0.39 is 0 Å². The van der Waals surface area contributed by atoms with E-state index in [0.29, 0.717) is 6.04 Å². The second-order valence-electron chi connectivity index (χ2n) is 3.99. The molecule has 5 heteroatoms. The average Bonchev–Trinajstić information content (AvgIpc) is 2.34. The van der Waals surface area contributed by atoms with Gasteiger partial charge in [0.2, 0.25) is 0 Å². The van der Waals surface area contributed by atoms with Crippen LogP contribution in [0.25, 0.3) is 0 Å². The minimum Gasteiger partial charge on any atom is -0.310 e. The Bertz CT molecular complexity index is 354. The topological polar surface area (TPSA) is 55.2 Å². The number of benzene rings is 1. The SMILES string of the molecule is CSCCC(C)NCc1ccc([N+](=O)[O-])cc1. The lowest BCUT2D eigenvalue weighted by atomic mass is 10.2. The van der Waals surface area contributed by atoms with Crippen molar-refractivity contribution in [1.29, 1.82) is 0 Å². The van der Waals surface area contributed by atoms with Gasteiger partial charge >= 0.3 is 0 Å². The fourth-order valence-electron chi connectivity index (χ4n) is 1.42. The van der Waals surface area contributed by atoms with Crippen LogP contribution in [0.4, 0.5) is 5.69 Å². The van der Waals surface area contributed by atoms with Crippen molar-refractivity contribution in [2.75, 3.05) is 12.0 Å². The molecule has 1 N–H and O–H groups in total. The van der Waals surface area contributed by atoms with Crippen LogP contribution in [0.2, 0.25) is 0 Å². The number of thioether (sulfide) groups is 1. The van der Waals surface area contributed by atoms with Gasteiger partial charge in [-0.15, -0.1) is 0 Å². The molecule has 0 fully saturated rings. The van der Waals surface area contributed by atoms with Crippen molar-refractivity contribution in [1.82, 2.24) is 5.32 Å². The number of rotatable bonds is 7. The first-order valence-corrected chi connectivity index (χ1v) is 6.98. The zero-order valence-electron chi connectivity index (χ0n) is 10.2. The molecule has 1 rings (SSSR count). The number of nitrogens with one attached hydrogen (secondary N) is 1. The molecule has 0 heterocycles. The highest BCUT2D eigenvalue weighted by Crippen LogP contribution is 2.12. The van der Waals surface area contributed by atoms with Gasteiger partial charge in [-0.05, 0) is 30.9 Å². The predicted octanol–water partition coefficient (Wildman–Crippen LogP) is 2.83. The molecule has 1 aromatic rings. The fourth-order valence-corrected chi connectivity index (χ4v) is 2.01. The summed E-state index contributed by atoms with van der Waals surface area (Å²) in [6.07, 6.45) is 3.23. The molecule has 0 aliphatic carbocycles. The van der Waals surface area contributed by atoms with E-state index in [4.69, 9.17) is 0 Å². The van der Waals surface area contributed by atoms with Gasteiger partial charge in [0, 0.05) is 24.7 Å². The van der Waals surface area contributed by atoms with E-state index in [-0.39, 0.29) is 10.6 Å². The van der Waals surface area contributed by atoms with Crippen LogP contribution in [0.3, 0.4) is 0 Å². The Morgan fingerprint density at radius 2 is 2.06 bits per heavy atom. The summed E-state index contributed by atoms with van der Waals surface area (Å²) in [5.74, 6) is 1.15. The van der Waals surface area contributed by atoms with Crippen LogP contribution >= 0.6 is 11.8 Å². The number of hydrogen-bond acceptors (Lipinski definition) is 4. The van der Waals surface area contributed by atoms with Crippen LogP contribution in [-0.4, -0.2) is 23.0 Å². The highest BCUT2D eigenvalue weighted by atomic mass is 32.2. The van der Waals surface area contributed by atoms with E-state index in [9.17, 15) is 10.1 Å². The van der Waals surface area contributed by atoms with Gasteiger partial charge in [-0.1, -0.05) is 12.1 Å². The number of non-ortho nitro benzene ring substituents is 1. The maximum Gasteiger partial charge on any atom is 0.269 e. The van der Waals surface area contributed by atoms with Gasteiger partial charge in [0.15, 0.2) is 0 Å². The predicted molar refractivity (Wildman–Crippen MR) is 72.4 cm³/mol. The van der Waals surface area contributed by atoms with E-state index in [1.54, 1.807) is 24.3 Å². The van der Waals surface area contributed by atoms with Crippen LogP contribution in [0.15, 0.2) is 24.3 Å². The first-order chi connectivity index (χ1) is 8.13. The number of nitrogens with zero attached hydrogens (tertiary/aromatic N) is 1. The summed E-state index contributed by atoms with van der Waals surface area (Å²) in [5.41, 5.74) is 1.22. The lowest BCUT2D eigenvalue weighted by molar-refractivity contribution is -0.384. The minimum atomic E-state index is -0.377. The largest absolute Gasteiger partial charge is 0.310 e. The van der Waals surface area contributed by atoms with E-state index >= 15 is 0 Å². The molecule has 17 heavy (non-hydrogen) atoms. The van der Waals surface area contributed by atoms with Crippen molar-refractivity contribution in [2.24, 2.45) is 0 Å². The summed E-state index contributed by atoms with van der Waals surface area (Å²) < 4.78 is 0. The molecular weight excluding hydrogens is 236 g/mol. The second-order valence-corrected chi connectivity index (χ2v) is 4.97. The zero-order valence-corrected chi connectivity index (χ0v) is 11.0. The lowest BCUT2D eigenvalue weighted by Gasteiger charge is -2.12. The Labute approximate surface area is 106 Å². The van der Waals surface area contributed by atoms with Crippen LogP contribution in [0.5, 0.6) is 0 Å². The molecule has 0 aliphatic heterocycles. The second kappa shape index (κ2) is 7.29. The first-order valence-electron chi connectivity index (χ1n) is 5.59. The monoisotopic (exact) mass is 254 g/mol. The highest BCUT2D eigenvalue weighted by Gasteiger charge is 2.05. The fraction of sp³-hybridized carbons (Fsp3) is 0.500. The van der Waals surface area contributed by atoms with Crippen molar-refractivity contribution >= 4 is 17.4 Å². The molecule has 1 unspecified atom stereocenters. The third-order valence-electron chi connectivity index (χ3n) is 2.56. The molecule has 1 atom stereocenters. The van der Waals surface area contributed by atoms with Crippen LogP contribution in [0, 0.1) is 10.1 Å². The quantitative estimate of drug-likeness (QED) is 0.600. The molecule has 1 aromatic carbocycles. The van der Waals surface area contributed by atoms with Crippen molar-refractivity contribution in [2.45, 2.75) is 25.9 Å². The summed E-state index contributed by atoms with van der Waals surface area (Å²) in [6.45, 7) is 2.91. The Balaban J connectivity index is 2.39. The molecule has 0 radical (unpaired) electrons.